The molecule has 33 heavy (non-hydrogen) atoms. The highest BCUT2D eigenvalue weighted by molar-refractivity contribution is 6.40. The van der Waals surface area contributed by atoms with E-state index in [0.717, 1.165) is 5.56 Å². The molecule has 0 saturated heterocycles. The summed E-state index contributed by atoms with van der Waals surface area (Å²) in [5, 5.41) is 8.65. The van der Waals surface area contributed by atoms with Crippen LogP contribution in [0.1, 0.15) is 43.1 Å². The number of hydrazone groups is 1. The van der Waals surface area contributed by atoms with Crippen LogP contribution in [0.15, 0.2) is 59.7 Å². The fourth-order valence-electron chi connectivity index (χ4n) is 3.48. The van der Waals surface area contributed by atoms with Crippen molar-refractivity contribution in [2.24, 2.45) is 5.10 Å². The van der Waals surface area contributed by atoms with E-state index in [-0.39, 0.29) is 18.2 Å². The van der Waals surface area contributed by atoms with E-state index in [0.29, 0.717) is 23.5 Å². The minimum Gasteiger partial charge on any atom is -0.458 e. The van der Waals surface area contributed by atoms with E-state index in [1.165, 1.54) is 0 Å². The summed E-state index contributed by atoms with van der Waals surface area (Å²) in [4.78, 5) is 39.3. The summed E-state index contributed by atoms with van der Waals surface area (Å²) >= 11 is 0. The van der Waals surface area contributed by atoms with Gasteiger partial charge in [-0.1, -0.05) is 30.3 Å². The van der Waals surface area contributed by atoms with Crippen molar-refractivity contribution in [3.8, 4) is 0 Å². The summed E-state index contributed by atoms with van der Waals surface area (Å²) in [5.74, 6) is -0.858. The van der Waals surface area contributed by atoms with E-state index in [4.69, 9.17) is 4.74 Å². The predicted molar refractivity (Wildman–Crippen MR) is 127 cm³/mol. The number of hydrogen-bond donors (Lipinski definition) is 1. The Hall–Kier alpha value is -3.68. The Labute approximate surface area is 194 Å². The first-order valence-corrected chi connectivity index (χ1v) is 10.8. The van der Waals surface area contributed by atoms with Crippen LogP contribution in [0.25, 0.3) is 0 Å². The van der Waals surface area contributed by atoms with Crippen molar-refractivity contribution in [3.05, 3.63) is 65.7 Å². The molecule has 3 rings (SSSR count). The molecule has 1 atom stereocenters. The number of carbonyl (C=O) groups is 3. The largest absolute Gasteiger partial charge is 0.458 e. The number of hydrogen-bond acceptors (Lipinski definition) is 6. The first-order chi connectivity index (χ1) is 15.6. The van der Waals surface area contributed by atoms with Crippen LogP contribution in [0.4, 0.5) is 5.69 Å². The molecule has 1 aliphatic heterocycles. The lowest BCUT2D eigenvalue weighted by molar-refractivity contribution is -0.156. The molecule has 1 N–H and O–H groups in total. The maximum atomic E-state index is 13.2. The second kappa shape index (κ2) is 9.85. The van der Waals surface area contributed by atoms with Gasteiger partial charge in [-0.15, -0.1) is 0 Å². The smallest absolute Gasteiger partial charge is 0.331 e. The summed E-state index contributed by atoms with van der Waals surface area (Å²) in [5.41, 5.74) is 1.78. The summed E-state index contributed by atoms with van der Waals surface area (Å²) in [6, 6.07) is 15.6. The average Bonchev–Trinajstić information content (AvgIpc) is 3.23. The van der Waals surface area contributed by atoms with E-state index in [9.17, 15) is 14.4 Å². The van der Waals surface area contributed by atoms with E-state index >= 15 is 0 Å². The summed E-state index contributed by atoms with van der Waals surface area (Å²) in [7, 11) is 3.26. The van der Waals surface area contributed by atoms with Gasteiger partial charge >= 0.3 is 5.97 Å². The number of anilines is 1. The monoisotopic (exact) mass is 450 g/mol. The molecule has 0 aromatic heterocycles. The van der Waals surface area contributed by atoms with Gasteiger partial charge in [-0.25, -0.2) is 4.79 Å². The number of nitrogens with zero attached hydrogens (tertiary/aromatic N) is 3. The van der Waals surface area contributed by atoms with Gasteiger partial charge in [0.25, 0.3) is 11.8 Å². The number of para-hydroxylation sites is 1. The van der Waals surface area contributed by atoms with Gasteiger partial charge in [-0.05, 0) is 50.6 Å². The SMILES string of the molecule is CNC(=O)c1ccc(CN(C)C(=O)C2=NN(c3ccccc3)[C@H](C(=O)OC(C)(C)C)C2)cc1. The van der Waals surface area contributed by atoms with Gasteiger partial charge in [0.2, 0.25) is 0 Å². The molecule has 8 heteroatoms. The van der Waals surface area contributed by atoms with Crippen LogP contribution in [-0.4, -0.2) is 54.1 Å². The van der Waals surface area contributed by atoms with Crippen LogP contribution in [0, 0.1) is 0 Å². The van der Waals surface area contributed by atoms with E-state index in [1.807, 2.05) is 63.2 Å². The Balaban J connectivity index is 1.77. The fourth-order valence-corrected chi connectivity index (χ4v) is 3.48. The molecule has 0 bridgehead atoms. The first-order valence-electron chi connectivity index (χ1n) is 10.8. The van der Waals surface area contributed by atoms with Gasteiger partial charge in [0, 0.05) is 32.6 Å². The summed E-state index contributed by atoms with van der Waals surface area (Å²) < 4.78 is 5.59. The molecule has 0 fully saturated rings. The molecule has 2 aromatic carbocycles. The van der Waals surface area contributed by atoms with Crippen LogP contribution < -0.4 is 10.3 Å². The van der Waals surface area contributed by atoms with E-state index in [1.54, 1.807) is 36.1 Å². The standard InChI is InChI=1S/C25H30N4O4/c1-25(2,3)33-24(32)21-15-20(27-29(21)19-9-7-6-8-10-19)23(31)28(5)16-17-11-13-18(14-12-17)22(30)26-4/h6-14,21H,15-16H2,1-5H3,(H,26,30)/t21-/m0/s1. The number of ether oxygens (including phenoxy) is 1. The van der Waals surface area contributed by atoms with Gasteiger partial charge in [-0.3, -0.25) is 14.6 Å². The Bertz CT molecular complexity index is 1040. The molecule has 0 unspecified atom stereocenters. The highest BCUT2D eigenvalue weighted by Crippen LogP contribution is 2.27. The van der Waals surface area contributed by atoms with Crippen molar-refractivity contribution >= 4 is 29.2 Å². The summed E-state index contributed by atoms with van der Waals surface area (Å²) in [6.07, 6.45) is 0.155. The lowest BCUT2D eigenvalue weighted by atomic mass is 10.1. The maximum Gasteiger partial charge on any atom is 0.331 e. The molecule has 1 heterocycles. The molecule has 0 saturated carbocycles. The van der Waals surface area contributed by atoms with Crippen molar-refractivity contribution < 1.29 is 19.1 Å². The number of benzene rings is 2. The molecule has 0 aliphatic carbocycles. The zero-order valence-electron chi connectivity index (χ0n) is 19.7. The van der Waals surface area contributed by atoms with Crippen molar-refractivity contribution in [3.63, 3.8) is 0 Å². The van der Waals surface area contributed by atoms with Gasteiger partial charge in [0.15, 0.2) is 6.04 Å². The molecular weight excluding hydrogens is 420 g/mol. The third-order valence-corrected chi connectivity index (χ3v) is 5.07. The summed E-state index contributed by atoms with van der Waals surface area (Å²) in [6.45, 7) is 5.77. The Kier molecular flexibility index (Phi) is 7.16. The number of nitrogens with one attached hydrogen (secondary N) is 1. The average molecular weight is 451 g/mol. The number of carbonyl (C=O) groups excluding carboxylic acids is 3. The molecular formula is C25H30N4O4. The molecule has 0 radical (unpaired) electrons. The van der Waals surface area contributed by atoms with Crippen molar-refractivity contribution in [2.45, 2.75) is 45.4 Å². The lowest BCUT2D eigenvalue weighted by Gasteiger charge is -2.26. The molecule has 0 spiro atoms. The minimum atomic E-state index is -0.717. The molecule has 174 valence electrons. The highest BCUT2D eigenvalue weighted by atomic mass is 16.6. The van der Waals surface area contributed by atoms with Crippen LogP contribution in [0.5, 0.6) is 0 Å². The van der Waals surface area contributed by atoms with Crippen molar-refractivity contribution in [2.75, 3.05) is 19.1 Å². The maximum absolute atomic E-state index is 13.2. The zero-order chi connectivity index (χ0) is 24.2. The Morgan fingerprint density at radius 3 is 2.30 bits per heavy atom. The van der Waals surface area contributed by atoms with Crippen LogP contribution in [-0.2, 0) is 20.9 Å². The van der Waals surface area contributed by atoms with Gasteiger partial charge in [0.05, 0.1) is 5.69 Å². The van der Waals surface area contributed by atoms with Crippen molar-refractivity contribution in [1.29, 1.82) is 0 Å². The normalized spacial score (nSPS) is 15.6. The van der Waals surface area contributed by atoms with E-state index < -0.39 is 17.6 Å². The first kappa shape index (κ1) is 24.0. The van der Waals surface area contributed by atoms with E-state index in [2.05, 4.69) is 10.4 Å². The molecule has 8 nitrogen and oxygen atoms in total. The van der Waals surface area contributed by atoms with Gasteiger partial charge < -0.3 is 15.0 Å². The second-order valence-corrected chi connectivity index (χ2v) is 8.92. The quantitative estimate of drug-likeness (QED) is 0.684. The molecule has 1 aliphatic rings. The number of rotatable bonds is 6. The minimum absolute atomic E-state index is 0.155. The fraction of sp³-hybridized carbons (Fsp3) is 0.360. The molecule has 2 amide bonds. The topological polar surface area (TPSA) is 91.3 Å². The van der Waals surface area contributed by atoms with Crippen molar-refractivity contribution in [1.82, 2.24) is 10.2 Å². The Morgan fingerprint density at radius 2 is 1.73 bits per heavy atom. The van der Waals surface area contributed by atoms with Crippen LogP contribution in [0.2, 0.25) is 0 Å². The predicted octanol–water partition coefficient (Wildman–Crippen LogP) is 2.98. The number of esters is 1. The van der Waals surface area contributed by atoms with Crippen LogP contribution in [0.3, 0.4) is 0 Å². The molecule has 2 aromatic rings. The lowest BCUT2D eigenvalue weighted by Crippen LogP contribution is -2.40. The third-order valence-electron chi connectivity index (χ3n) is 5.07. The zero-order valence-corrected chi connectivity index (χ0v) is 19.7. The van der Waals surface area contributed by atoms with Crippen LogP contribution >= 0.6 is 0 Å². The highest BCUT2D eigenvalue weighted by Gasteiger charge is 2.39. The van der Waals surface area contributed by atoms with Gasteiger partial charge in [-0.2, -0.15) is 5.10 Å². The van der Waals surface area contributed by atoms with Gasteiger partial charge in [0.1, 0.15) is 11.3 Å². The Morgan fingerprint density at radius 1 is 1.09 bits per heavy atom. The third kappa shape index (κ3) is 5.97. The second-order valence-electron chi connectivity index (χ2n) is 8.92. The number of amides is 2.